The second kappa shape index (κ2) is 6.07. The zero-order valence-electron chi connectivity index (χ0n) is 12.2. The highest BCUT2D eigenvalue weighted by atomic mass is 32.1. The smallest absolute Gasteiger partial charge is 0.233 e. The number of carbonyl (C=O) groups excluding carboxylic acids is 1. The van der Waals surface area contributed by atoms with Crippen molar-refractivity contribution >= 4 is 22.9 Å². The van der Waals surface area contributed by atoms with Crippen LogP contribution in [0.1, 0.15) is 16.8 Å². The number of aromatic nitrogens is 3. The van der Waals surface area contributed by atoms with Gasteiger partial charge in [-0.25, -0.2) is 4.98 Å². The second-order valence-electron chi connectivity index (χ2n) is 4.77. The normalized spacial score (nSPS) is 10.6. The highest BCUT2D eigenvalue weighted by Crippen LogP contribution is 2.23. The first-order chi connectivity index (χ1) is 10.6. The van der Waals surface area contributed by atoms with Crippen LogP contribution in [0.2, 0.25) is 0 Å². The van der Waals surface area contributed by atoms with E-state index >= 15 is 0 Å². The number of amides is 1. The first-order valence-electron chi connectivity index (χ1n) is 6.71. The van der Waals surface area contributed by atoms with Crippen LogP contribution in [0.5, 0.6) is 0 Å². The van der Waals surface area contributed by atoms with E-state index in [1.807, 2.05) is 36.6 Å². The lowest BCUT2D eigenvalue weighted by Gasteiger charge is -2.04. The third-order valence-electron chi connectivity index (χ3n) is 2.96. The summed E-state index contributed by atoms with van der Waals surface area (Å²) in [5.41, 5.74) is 2.69. The molecule has 0 fully saturated rings. The molecule has 0 spiro atoms. The van der Waals surface area contributed by atoms with Crippen molar-refractivity contribution in [1.82, 2.24) is 15.2 Å². The van der Waals surface area contributed by atoms with E-state index in [-0.39, 0.29) is 12.3 Å². The molecule has 0 saturated carbocycles. The van der Waals surface area contributed by atoms with Crippen LogP contribution in [-0.4, -0.2) is 21.1 Å². The molecule has 0 radical (unpaired) electrons. The van der Waals surface area contributed by atoms with Crippen LogP contribution in [0.3, 0.4) is 0 Å². The summed E-state index contributed by atoms with van der Waals surface area (Å²) in [6.07, 6.45) is 0.0634. The zero-order chi connectivity index (χ0) is 15.5. The van der Waals surface area contributed by atoms with Crippen molar-refractivity contribution in [3.8, 4) is 11.3 Å². The summed E-state index contributed by atoms with van der Waals surface area (Å²) in [7, 11) is 0. The second-order valence-corrected chi connectivity index (χ2v) is 5.83. The topological polar surface area (TPSA) is 80.9 Å². The molecule has 22 heavy (non-hydrogen) atoms. The molecule has 2 aromatic heterocycles. The Morgan fingerprint density at radius 3 is 2.59 bits per heavy atom. The lowest BCUT2D eigenvalue weighted by atomic mass is 10.1. The highest BCUT2D eigenvalue weighted by Gasteiger charge is 2.10. The van der Waals surface area contributed by atoms with Gasteiger partial charge in [-0.1, -0.05) is 12.1 Å². The molecular weight excluding hydrogens is 300 g/mol. The molecule has 2 heterocycles. The molecule has 1 aromatic carbocycles. The van der Waals surface area contributed by atoms with Gasteiger partial charge in [0.1, 0.15) is 6.42 Å². The lowest BCUT2D eigenvalue weighted by Crippen LogP contribution is -2.14. The van der Waals surface area contributed by atoms with Crippen molar-refractivity contribution in [1.29, 1.82) is 0 Å². The quantitative estimate of drug-likeness (QED) is 0.800. The number of anilines is 1. The first-order valence-corrected chi connectivity index (χ1v) is 7.59. The van der Waals surface area contributed by atoms with Crippen molar-refractivity contribution in [3.63, 3.8) is 0 Å². The molecule has 0 aliphatic heterocycles. The number of aryl methyl sites for hydroxylation is 2. The SMILES string of the molecule is Cc1nnc(CC(=O)Nc2ccc(-c3csc(C)n3)cc2)o1. The Balaban J connectivity index is 1.64. The molecule has 0 bridgehead atoms. The summed E-state index contributed by atoms with van der Waals surface area (Å²) in [6.45, 7) is 3.66. The Bertz CT molecular complexity index is 792. The van der Waals surface area contributed by atoms with Gasteiger partial charge in [0.15, 0.2) is 0 Å². The molecule has 6 nitrogen and oxygen atoms in total. The maximum absolute atomic E-state index is 11.9. The van der Waals surface area contributed by atoms with Gasteiger partial charge in [0.2, 0.25) is 17.7 Å². The largest absolute Gasteiger partial charge is 0.425 e. The number of hydrogen-bond donors (Lipinski definition) is 1. The van der Waals surface area contributed by atoms with Gasteiger partial charge in [-0.15, -0.1) is 21.5 Å². The minimum Gasteiger partial charge on any atom is -0.425 e. The Labute approximate surface area is 131 Å². The fraction of sp³-hybridized carbons (Fsp3) is 0.200. The summed E-state index contributed by atoms with van der Waals surface area (Å²) in [5, 5.41) is 13.3. The summed E-state index contributed by atoms with van der Waals surface area (Å²) in [4.78, 5) is 16.3. The molecule has 0 aliphatic carbocycles. The molecular formula is C15H14N4O2S. The van der Waals surface area contributed by atoms with Crippen molar-refractivity contribution in [2.45, 2.75) is 20.3 Å². The number of hydrogen-bond acceptors (Lipinski definition) is 6. The average Bonchev–Trinajstić information content (AvgIpc) is 3.08. The third-order valence-corrected chi connectivity index (χ3v) is 3.74. The number of carbonyl (C=O) groups is 1. The van der Waals surface area contributed by atoms with Gasteiger partial charge >= 0.3 is 0 Å². The van der Waals surface area contributed by atoms with Crippen molar-refractivity contribution in [2.24, 2.45) is 0 Å². The third kappa shape index (κ3) is 3.37. The Kier molecular flexibility index (Phi) is 3.97. The standard InChI is InChI=1S/C15H14N4O2S/c1-9-18-19-15(21-9)7-14(20)17-12-5-3-11(4-6-12)13-8-22-10(2)16-13/h3-6,8H,7H2,1-2H3,(H,17,20). The van der Waals surface area contributed by atoms with Crippen molar-refractivity contribution in [2.75, 3.05) is 5.32 Å². The van der Waals surface area contributed by atoms with Gasteiger partial charge in [0.05, 0.1) is 10.7 Å². The van der Waals surface area contributed by atoms with E-state index in [9.17, 15) is 4.79 Å². The molecule has 112 valence electrons. The zero-order valence-corrected chi connectivity index (χ0v) is 13.0. The molecule has 3 rings (SSSR count). The van der Waals surface area contributed by atoms with E-state index in [1.54, 1.807) is 18.3 Å². The van der Waals surface area contributed by atoms with E-state index in [4.69, 9.17) is 4.42 Å². The molecule has 7 heteroatoms. The van der Waals surface area contributed by atoms with E-state index in [0.29, 0.717) is 11.8 Å². The van der Waals surface area contributed by atoms with E-state index in [0.717, 1.165) is 22.0 Å². The Morgan fingerprint density at radius 2 is 2.00 bits per heavy atom. The van der Waals surface area contributed by atoms with Gasteiger partial charge in [0, 0.05) is 23.6 Å². The van der Waals surface area contributed by atoms with Crippen LogP contribution in [0, 0.1) is 13.8 Å². The number of rotatable bonds is 4. The van der Waals surface area contributed by atoms with Gasteiger partial charge < -0.3 is 9.73 Å². The van der Waals surface area contributed by atoms with Crippen molar-refractivity contribution in [3.05, 3.63) is 46.4 Å². The van der Waals surface area contributed by atoms with Crippen LogP contribution in [0.4, 0.5) is 5.69 Å². The summed E-state index contributed by atoms with van der Waals surface area (Å²) < 4.78 is 5.18. The van der Waals surface area contributed by atoms with E-state index in [2.05, 4.69) is 20.5 Å². The van der Waals surface area contributed by atoms with Gasteiger partial charge in [0.25, 0.3) is 0 Å². The molecule has 1 N–H and O–H groups in total. The minimum atomic E-state index is -0.194. The Hall–Kier alpha value is -2.54. The number of benzene rings is 1. The van der Waals surface area contributed by atoms with Gasteiger partial charge in [-0.3, -0.25) is 4.79 Å². The predicted octanol–water partition coefficient (Wildman–Crippen LogP) is 2.99. The summed E-state index contributed by atoms with van der Waals surface area (Å²) in [5.74, 6) is 0.566. The molecule has 3 aromatic rings. The van der Waals surface area contributed by atoms with E-state index < -0.39 is 0 Å². The van der Waals surface area contributed by atoms with Gasteiger partial charge in [-0.2, -0.15) is 0 Å². The molecule has 0 saturated heterocycles. The first kappa shape index (κ1) is 14.4. The number of nitrogens with zero attached hydrogens (tertiary/aromatic N) is 3. The predicted molar refractivity (Wildman–Crippen MR) is 83.7 cm³/mol. The molecule has 0 atom stereocenters. The Morgan fingerprint density at radius 1 is 1.23 bits per heavy atom. The molecule has 0 unspecified atom stereocenters. The summed E-state index contributed by atoms with van der Waals surface area (Å²) >= 11 is 1.61. The molecule has 0 aliphatic rings. The maximum Gasteiger partial charge on any atom is 0.233 e. The van der Waals surface area contributed by atoms with E-state index in [1.165, 1.54) is 0 Å². The lowest BCUT2D eigenvalue weighted by molar-refractivity contribution is -0.115. The monoisotopic (exact) mass is 314 g/mol. The van der Waals surface area contributed by atoms with Crippen molar-refractivity contribution < 1.29 is 9.21 Å². The summed E-state index contributed by atoms with van der Waals surface area (Å²) in [6, 6.07) is 7.56. The van der Waals surface area contributed by atoms with Crippen LogP contribution in [0.25, 0.3) is 11.3 Å². The fourth-order valence-electron chi connectivity index (χ4n) is 1.97. The highest BCUT2D eigenvalue weighted by molar-refractivity contribution is 7.09. The van der Waals surface area contributed by atoms with Crippen LogP contribution >= 0.6 is 11.3 Å². The minimum absolute atomic E-state index is 0.0634. The number of thiazole rings is 1. The van der Waals surface area contributed by atoms with Gasteiger partial charge in [-0.05, 0) is 19.1 Å². The number of nitrogens with one attached hydrogen (secondary N) is 1. The molecule has 1 amide bonds. The van der Waals surface area contributed by atoms with Crippen LogP contribution in [-0.2, 0) is 11.2 Å². The average molecular weight is 314 g/mol. The van der Waals surface area contributed by atoms with Crippen LogP contribution < -0.4 is 5.32 Å². The fourth-order valence-corrected chi connectivity index (χ4v) is 2.59. The van der Waals surface area contributed by atoms with Crippen LogP contribution in [0.15, 0.2) is 34.1 Å². The maximum atomic E-state index is 11.9.